The molecule has 2 rings (SSSR count). The minimum absolute atomic E-state index is 0.167. The van der Waals surface area contributed by atoms with Gasteiger partial charge in [-0.25, -0.2) is 4.79 Å². The molecule has 18 heavy (non-hydrogen) atoms. The number of hydrogen-bond donors (Lipinski definition) is 2. The number of hydrogen-bond acceptors (Lipinski definition) is 1. The van der Waals surface area contributed by atoms with Crippen molar-refractivity contribution in [3.8, 4) is 0 Å². The molecule has 3 nitrogen and oxygen atoms in total. The van der Waals surface area contributed by atoms with E-state index in [0.29, 0.717) is 0 Å². The molecule has 1 heterocycles. The first-order valence-corrected chi connectivity index (χ1v) is 6.02. The number of benzene rings is 1. The maximum absolute atomic E-state index is 10.9. The fraction of sp³-hybridized carbons (Fsp3) is 0.267. The van der Waals surface area contributed by atoms with Crippen LogP contribution in [0.3, 0.4) is 0 Å². The molecular weight excluding hydrogens is 226 g/mol. The normalized spacial score (nSPS) is 12.3. The predicted molar refractivity (Wildman–Crippen MR) is 73.5 cm³/mol. The van der Waals surface area contributed by atoms with Crippen LogP contribution in [0.4, 0.5) is 0 Å². The van der Waals surface area contributed by atoms with Crippen molar-refractivity contribution in [2.24, 2.45) is 5.92 Å². The summed E-state index contributed by atoms with van der Waals surface area (Å²) < 4.78 is 0. The van der Waals surface area contributed by atoms with Crippen molar-refractivity contribution in [1.29, 1.82) is 0 Å². The van der Waals surface area contributed by atoms with Gasteiger partial charge in [0.25, 0.3) is 0 Å². The molecule has 94 valence electrons. The van der Waals surface area contributed by atoms with Crippen molar-refractivity contribution in [3.63, 3.8) is 0 Å². The highest BCUT2D eigenvalue weighted by atomic mass is 16.4. The molecule has 2 N–H and O–H groups in total. The summed E-state index contributed by atoms with van der Waals surface area (Å²) in [6.45, 7) is 6.05. The molecule has 2 aromatic rings. The Balaban J connectivity index is 2.66. The topological polar surface area (TPSA) is 53.1 Å². The SMILES string of the molecule is Cc1cccc2c(C(=CC(=O)O)C(C)C)c[nH]c12. The van der Waals surface area contributed by atoms with E-state index in [9.17, 15) is 4.79 Å². The van der Waals surface area contributed by atoms with Crippen molar-refractivity contribution >= 4 is 22.4 Å². The number of fused-ring (bicyclic) bond motifs is 1. The van der Waals surface area contributed by atoms with Gasteiger partial charge in [-0.05, 0) is 24.0 Å². The largest absolute Gasteiger partial charge is 0.478 e. The molecule has 1 aromatic carbocycles. The number of aromatic nitrogens is 1. The molecule has 0 aliphatic heterocycles. The van der Waals surface area contributed by atoms with Gasteiger partial charge in [-0.2, -0.15) is 0 Å². The molecule has 1 aromatic heterocycles. The summed E-state index contributed by atoms with van der Waals surface area (Å²) in [5.74, 6) is -0.735. The Hall–Kier alpha value is -2.03. The number of aliphatic carboxylic acids is 1. The molecular formula is C15H17NO2. The molecule has 3 heteroatoms. The minimum Gasteiger partial charge on any atom is -0.478 e. The highest BCUT2D eigenvalue weighted by Gasteiger charge is 2.13. The maximum atomic E-state index is 10.9. The second-order valence-electron chi connectivity index (χ2n) is 4.79. The summed E-state index contributed by atoms with van der Waals surface area (Å²) in [5.41, 5.74) is 4.06. The van der Waals surface area contributed by atoms with E-state index in [4.69, 9.17) is 5.11 Å². The van der Waals surface area contributed by atoms with Gasteiger partial charge in [-0.15, -0.1) is 0 Å². The Morgan fingerprint density at radius 1 is 1.39 bits per heavy atom. The van der Waals surface area contributed by atoms with Crippen LogP contribution in [0.1, 0.15) is 25.0 Å². The average Bonchev–Trinajstić information content (AvgIpc) is 2.70. The molecule has 0 saturated carbocycles. The van der Waals surface area contributed by atoms with Gasteiger partial charge in [-0.3, -0.25) is 0 Å². The lowest BCUT2D eigenvalue weighted by atomic mass is 9.94. The smallest absolute Gasteiger partial charge is 0.328 e. The van der Waals surface area contributed by atoms with E-state index >= 15 is 0 Å². The number of H-pyrrole nitrogens is 1. The molecule has 0 amide bonds. The molecule has 0 radical (unpaired) electrons. The van der Waals surface area contributed by atoms with Gasteiger partial charge in [0.2, 0.25) is 0 Å². The van der Waals surface area contributed by atoms with E-state index in [1.165, 1.54) is 6.08 Å². The van der Waals surface area contributed by atoms with E-state index in [1.807, 2.05) is 45.2 Å². The predicted octanol–water partition coefficient (Wildman–Crippen LogP) is 3.60. The van der Waals surface area contributed by atoms with Crippen molar-refractivity contribution in [1.82, 2.24) is 4.98 Å². The van der Waals surface area contributed by atoms with E-state index in [1.54, 1.807) is 0 Å². The van der Waals surface area contributed by atoms with E-state index in [0.717, 1.165) is 27.6 Å². The monoisotopic (exact) mass is 243 g/mol. The summed E-state index contributed by atoms with van der Waals surface area (Å²) in [7, 11) is 0. The van der Waals surface area contributed by atoms with Gasteiger partial charge in [0.1, 0.15) is 0 Å². The van der Waals surface area contributed by atoms with Crippen LogP contribution in [-0.2, 0) is 4.79 Å². The molecule has 0 spiro atoms. The number of carboxylic acid groups (broad SMARTS) is 1. The molecule has 0 aliphatic carbocycles. The van der Waals surface area contributed by atoms with Crippen molar-refractivity contribution in [2.45, 2.75) is 20.8 Å². The van der Waals surface area contributed by atoms with Crippen LogP contribution in [0.25, 0.3) is 16.5 Å². The second-order valence-corrected chi connectivity index (χ2v) is 4.79. The Morgan fingerprint density at radius 2 is 2.11 bits per heavy atom. The summed E-state index contributed by atoms with van der Waals surface area (Å²) in [5, 5.41) is 10.1. The van der Waals surface area contributed by atoms with Crippen LogP contribution in [0.15, 0.2) is 30.5 Å². The Morgan fingerprint density at radius 3 is 2.72 bits per heavy atom. The summed E-state index contributed by atoms with van der Waals surface area (Å²) in [6.07, 6.45) is 3.20. The highest BCUT2D eigenvalue weighted by Crippen LogP contribution is 2.31. The Bertz CT molecular complexity index is 620. The molecule has 0 aliphatic rings. The van der Waals surface area contributed by atoms with Crippen LogP contribution in [0.5, 0.6) is 0 Å². The molecule has 0 saturated heterocycles. The zero-order valence-electron chi connectivity index (χ0n) is 10.8. The van der Waals surface area contributed by atoms with Crippen LogP contribution >= 0.6 is 0 Å². The van der Waals surface area contributed by atoms with Crippen molar-refractivity contribution in [2.75, 3.05) is 0 Å². The maximum Gasteiger partial charge on any atom is 0.328 e. The number of carbonyl (C=O) groups is 1. The van der Waals surface area contributed by atoms with Crippen LogP contribution in [0, 0.1) is 12.8 Å². The second kappa shape index (κ2) is 4.69. The molecule has 0 atom stereocenters. The van der Waals surface area contributed by atoms with Gasteiger partial charge in [-0.1, -0.05) is 32.0 Å². The number of rotatable bonds is 3. The fourth-order valence-electron chi connectivity index (χ4n) is 2.23. The first-order valence-electron chi connectivity index (χ1n) is 6.02. The van der Waals surface area contributed by atoms with Crippen LogP contribution < -0.4 is 0 Å². The lowest BCUT2D eigenvalue weighted by molar-refractivity contribution is -0.131. The summed E-state index contributed by atoms with van der Waals surface area (Å²) >= 11 is 0. The number of para-hydroxylation sites is 1. The quantitative estimate of drug-likeness (QED) is 0.809. The van der Waals surface area contributed by atoms with Gasteiger partial charge < -0.3 is 10.1 Å². The summed E-state index contributed by atoms with van der Waals surface area (Å²) in [4.78, 5) is 14.2. The van der Waals surface area contributed by atoms with E-state index in [2.05, 4.69) is 4.98 Å². The third kappa shape index (κ3) is 2.16. The van der Waals surface area contributed by atoms with Crippen LogP contribution in [-0.4, -0.2) is 16.1 Å². The van der Waals surface area contributed by atoms with Gasteiger partial charge in [0.15, 0.2) is 0 Å². The van der Waals surface area contributed by atoms with Gasteiger partial charge in [0.05, 0.1) is 0 Å². The third-order valence-electron chi connectivity index (χ3n) is 3.14. The number of allylic oxidation sites excluding steroid dienone is 1. The number of carboxylic acids is 1. The Labute approximate surface area is 106 Å². The minimum atomic E-state index is -0.902. The molecule has 0 unspecified atom stereocenters. The lowest BCUT2D eigenvalue weighted by Gasteiger charge is -2.09. The van der Waals surface area contributed by atoms with E-state index < -0.39 is 5.97 Å². The third-order valence-corrected chi connectivity index (χ3v) is 3.14. The van der Waals surface area contributed by atoms with Crippen molar-refractivity contribution in [3.05, 3.63) is 41.6 Å². The average molecular weight is 243 g/mol. The van der Waals surface area contributed by atoms with E-state index in [-0.39, 0.29) is 5.92 Å². The van der Waals surface area contributed by atoms with Gasteiger partial charge in [0, 0.05) is 28.7 Å². The number of aryl methyl sites for hydroxylation is 1. The van der Waals surface area contributed by atoms with Crippen LogP contribution in [0.2, 0.25) is 0 Å². The highest BCUT2D eigenvalue weighted by molar-refractivity contribution is 5.99. The summed E-state index contributed by atoms with van der Waals surface area (Å²) in [6, 6.07) is 6.05. The van der Waals surface area contributed by atoms with Crippen molar-refractivity contribution < 1.29 is 9.90 Å². The lowest BCUT2D eigenvalue weighted by Crippen LogP contribution is -1.98. The Kier molecular flexibility index (Phi) is 3.24. The number of nitrogens with one attached hydrogen (secondary N) is 1. The first-order chi connectivity index (χ1) is 8.50. The standard InChI is InChI=1S/C15H17NO2/c1-9(2)12(7-14(17)18)13-8-16-15-10(3)5-4-6-11(13)15/h4-9,16H,1-3H3,(H,17,18). The molecule has 0 bridgehead atoms. The fourth-order valence-corrected chi connectivity index (χ4v) is 2.23. The van der Waals surface area contributed by atoms with Gasteiger partial charge >= 0.3 is 5.97 Å². The number of aromatic amines is 1. The zero-order chi connectivity index (χ0) is 13.3. The molecule has 0 fully saturated rings. The zero-order valence-corrected chi connectivity index (χ0v) is 10.8. The first kappa shape index (κ1) is 12.4.